The topological polar surface area (TPSA) is 58.6 Å². The Morgan fingerprint density at radius 3 is 2.12 bits per heavy atom. The fraction of sp³-hybridized carbons (Fsp3) is 0.462. The molecule has 94 valence electrons. The molecule has 1 aromatic rings. The van der Waals surface area contributed by atoms with Crippen LogP contribution in [0.4, 0.5) is 10.5 Å². The van der Waals surface area contributed by atoms with Crippen LogP contribution in [0.3, 0.4) is 0 Å². The van der Waals surface area contributed by atoms with Gasteiger partial charge in [-0.25, -0.2) is 4.79 Å². The molecule has 4 nitrogen and oxygen atoms in total. The summed E-state index contributed by atoms with van der Waals surface area (Å²) in [6, 6.07) is 3.19. The average Bonchev–Trinajstić information content (AvgIpc) is 2.08. The third-order valence-corrected chi connectivity index (χ3v) is 2.14. The lowest BCUT2D eigenvalue weighted by atomic mass is 10.1. The summed E-state index contributed by atoms with van der Waals surface area (Å²) in [5.74, 6) is 0.190. The normalized spacial score (nSPS) is 11.1. The molecule has 4 heteroatoms. The van der Waals surface area contributed by atoms with E-state index in [9.17, 15) is 9.90 Å². The van der Waals surface area contributed by atoms with E-state index in [1.807, 2.05) is 34.6 Å². The Morgan fingerprint density at radius 2 is 1.71 bits per heavy atom. The molecule has 0 aliphatic heterocycles. The Hall–Kier alpha value is -1.71. The lowest BCUT2D eigenvalue weighted by Gasteiger charge is -2.21. The summed E-state index contributed by atoms with van der Waals surface area (Å²) in [5, 5.41) is 12.1. The van der Waals surface area contributed by atoms with E-state index in [1.165, 1.54) is 0 Å². The van der Waals surface area contributed by atoms with Crippen molar-refractivity contribution in [2.24, 2.45) is 0 Å². The molecule has 0 spiro atoms. The number of carbonyl (C=O) groups is 1. The molecule has 0 fully saturated rings. The summed E-state index contributed by atoms with van der Waals surface area (Å²) in [6.07, 6.45) is -0.491. The second-order valence-corrected chi connectivity index (χ2v) is 5.08. The summed E-state index contributed by atoms with van der Waals surface area (Å²) in [4.78, 5) is 11.6. The van der Waals surface area contributed by atoms with Gasteiger partial charge in [-0.1, -0.05) is 0 Å². The number of aryl methyl sites for hydroxylation is 2. The SMILES string of the molecule is Cc1cc(O)cc(C)c1NC(=O)OC(C)(C)C. The van der Waals surface area contributed by atoms with Crippen molar-refractivity contribution in [2.75, 3.05) is 5.32 Å². The quantitative estimate of drug-likeness (QED) is 0.736. The first-order valence-corrected chi connectivity index (χ1v) is 5.49. The minimum absolute atomic E-state index is 0.190. The molecule has 0 saturated carbocycles. The lowest BCUT2D eigenvalue weighted by Crippen LogP contribution is -2.27. The van der Waals surface area contributed by atoms with E-state index >= 15 is 0 Å². The molecular formula is C13H19NO3. The molecule has 0 unspecified atom stereocenters. The van der Waals surface area contributed by atoms with Crippen LogP contribution in [0.2, 0.25) is 0 Å². The first kappa shape index (κ1) is 13.4. The maximum absolute atomic E-state index is 11.6. The van der Waals surface area contributed by atoms with Gasteiger partial charge in [0.15, 0.2) is 0 Å². The standard InChI is InChI=1S/C13H19NO3/c1-8-6-10(15)7-9(2)11(8)14-12(16)17-13(3,4)5/h6-7,15H,1-5H3,(H,14,16). The molecule has 0 saturated heterocycles. The molecule has 1 amide bonds. The van der Waals surface area contributed by atoms with Crippen LogP contribution >= 0.6 is 0 Å². The van der Waals surface area contributed by atoms with Gasteiger partial charge in [-0.15, -0.1) is 0 Å². The van der Waals surface area contributed by atoms with Gasteiger partial charge < -0.3 is 9.84 Å². The minimum Gasteiger partial charge on any atom is -0.508 e. The van der Waals surface area contributed by atoms with Crippen molar-refractivity contribution in [1.82, 2.24) is 0 Å². The second-order valence-electron chi connectivity index (χ2n) is 5.08. The molecule has 1 aromatic carbocycles. The number of benzene rings is 1. The van der Waals surface area contributed by atoms with Crippen LogP contribution in [0.1, 0.15) is 31.9 Å². The number of hydrogen-bond acceptors (Lipinski definition) is 3. The zero-order chi connectivity index (χ0) is 13.2. The molecular weight excluding hydrogens is 218 g/mol. The van der Waals surface area contributed by atoms with Gasteiger partial charge in [0, 0.05) is 0 Å². The number of phenols is 1. The molecule has 0 radical (unpaired) electrons. The van der Waals surface area contributed by atoms with Crippen LogP contribution in [0, 0.1) is 13.8 Å². The number of hydrogen-bond donors (Lipinski definition) is 2. The number of nitrogens with one attached hydrogen (secondary N) is 1. The number of phenolic OH excluding ortho intramolecular Hbond substituents is 1. The van der Waals surface area contributed by atoms with Gasteiger partial charge in [-0.3, -0.25) is 5.32 Å². The fourth-order valence-electron chi connectivity index (χ4n) is 1.54. The Morgan fingerprint density at radius 1 is 1.24 bits per heavy atom. The summed E-state index contributed by atoms with van der Waals surface area (Å²) in [7, 11) is 0. The van der Waals surface area contributed by atoms with E-state index < -0.39 is 11.7 Å². The third-order valence-electron chi connectivity index (χ3n) is 2.14. The number of aromatic hydroxyl groups is 1. The number of rotatable bonds is 1. The van der Waals surface area contributed by atoms with Crippen LogP contribution in [-0.2, 0) is 4.74 Å². The number of ether oxygens (including phenoxy) is 1. The van der Waals surface area contributed by atoms with Gasteiger partial charge in [-0.05, 0) is 57.9 Å². The zero-order valence-corrected chi connectivity index (χ0v) is 10.9. The molecule has 0 bridgehead atoms. The highest BCUT2D eigenvalue weighted by molar-refractivity contribution is 5.87. The zero-order valence-electron chi connectivity index (χ0n) is 10.9. The average molecular weight is 237 g/mol. The summed E-state index contributed by atoms with van der Waals surface area (Å²) < 4.78 is 5.17. The maximum atomic E-state index is 11.6. The fourth-order valence-corrected chi connectivity index (χ4v) is 1.54. The van der Waals surface area contributed by atoms with Crippen LogP contribution in [0.5, 0.6) is 5.75 Å². The molecule has 1 rings (SSSR count). The number of anilines is 1. The molecule has 0 heterocycles. The predicted molar refractivity (Wildman–Crippen MR) is 67.4 cm³/mol. The van der Waals surface area contributed by atoms with Gasteiger partial charge in [0.1, 0.15) is 11.4 Å². The predicted octanol–water partition coefficient (Wildman–Crippen LogP) is 3.36. The Balaban J connectivity index is 2.86. The second kappa shape index (κ2) is 4.65. The van der Waals surface area contributed by atoms with Crippen molar-refractivity contribution in [3.05, 3.63) is 23.3 Å². The van der Waals surface area contributed by atoms with Gasteiger partial charge in [0.25, 0.3) is 0 Å². The van der Waals surface area contributed by atoms with Crippen molar-refractivity contribution in [1.29, 1.82) is 0 Å². The third kappa shape index (κ3) is 3.98. The smallest absolute Gasteiger partial charge is 0.412 e. The first-order valence-electron chi connectivity index (χ1n) is 5.49. The Labute approximate surface area is 102 Å². The number of carbonyl (C=O) groups excluding carboxylic acids is 1. The van der Waals surface area contributed by atoms with Crippen molar-refractivity contribution >= 4 is 11.8 Å². The molecule has 0 aliphatic carbocycles. The van der Waals surface area contributed by atoms with E-state index in [2.05, 4.69) is 5.32 Å². The molecule has 0 atom stereocenters. The van der Waals surface area contributed by atoms with E-state index in [4.69, 9.17) is 4.74 Å². The molecule has 0 aromatic heterocycles. The van der Waals surface area contributed by atoms with Gasteiger partial charge >= 0.3 is 6.09 Å². The van der Waals surface area contributed by atoms with Gasteiger partial charge in [-0.2, -0.15) is 0 Å². The highest BCUT2D eigenvalue weighted by Gasteiger charge is 2.17. The van der Waals surface area contributed by atoms with Crippen molar-refractivity contribution in [2.45, 2.75) is 40.2 Å². The molecule has 2 N–H and O–H groups in total. The van der Waals surface area contributed by atoms with Crippen LogP contribution < -0.4 is 5.32 Å². The van der Waals surface area contributed by atoms with Gasteiger partial charge in [0.2, 0.25) is 0 Å². The van der Waals surface area contributed by atoms with Crippen LogP contribution in [-0.4, -0.2) is 16.8 Å². The van der Waals surface area contributed by atoms with Crippen molar-refractivity contribution in [3.8, 4) is 5.75 Å². The Bertz CT molecular complexity index is 410. The van der Waals surface area contributed by atoms with E-state index in [0.29, 0.717) is 5.69 Å². The highest BCUT2D eigenvalue weighted by atomic mass is 16.6. The first-order chi connectivity index (χ1) is 7.69. The number of amides is 1. The Kier molecular flexibility index (Phi) is 3.66. The largest absolute Gasteiger partial charge is 0.508 e. The van der Waals surface area contributed by atoms with Gasteiger partial charge in [0.05, 0.1) is 5.69 Å². The van der Waals surface area contributed by atoms with Crippen molar-refractivity contribution < 1.29 is 14.6 Å². The summed E-state index contributed by atoms with van der Waals surface area (Å²) in [5.41, 5.74) is 1.75. The van der Waals surface area contributed by atoms with E-state index in [-0.39, 0.29) is 5.75 Å². The van der Waals surface area contributed by atoms with E-state index in [0.717, 1.165) is 11.1 Å². The highest BCUT2D eigenvalue weighted by Crippen LogP contribution is 2.25. The minimum atomic E-state index is -0.525. The monoisotopic (exact) mass is 237 g/mol. The molecule has 0 aliphatic rings. The molecule has 17 heavy (non-hydrogen) atoms. The van der Waals surface area contributed by atoms with Crippen LogP contribution in [0.15, 0.2) is 12.1 Å². The summed E-state index contributed by atoms with van der Waals surface area (Å²) in [6.45, 7) is 9.06. The van der Waals surface area contributed by atoms with Crippen LogP contribution in [0.25, 0.3) is 0 Å². The van der Waals surface area contributed by atoms with Crippen molar-refractivity contribution in [3.63, 3.8) is 0 Å². The summed E-state index contributed by atoms with van der Waals surface area (Å²) >= 11 is 0. The maximum Gasteiger partial charge on any atom is 0.412 e. The van der Waals surface area contributed by atoms with E-state index in [1.54, 1.807) is 12.1 Å². The lowest BCUT2D eigenvalue weighted by molar-refractivity contribution is 0.0635.